The summed E-state index contributed by atoms with van der Waals surface area (Å²) in [5, 5.41) is 10.7. The Balaban J connectivity index is 2.73. The van der Waals surface area contributed by atoms with Crippen molar-refractivity contribution in [1.29, 1.82) is 0 Å². The Kier molecular flexibility index (Phi) is 4.69. The average molecular weight is 255 g/mol. The number of carboxylic acid groups (broad SMARTS) is 1. The summed E-state index contributed by atoms with van der Waals surface area (Å²) in [6, 6.07) is 1.94. The van der Waals surface area contributed by atoms with E-state index in [-0.39, 0.29) is 12.5 Å². The van der Waals surface area contributed by atoms with Crippen molar-refractivity contribution in [3.63, 3.8) is 0 Å². The lowest BCUT2D eigenvalue weighted by molar-refractivity contribution is -0.141. The Morgan fingerprint density at radius 2 is 2.18 bits per heavy atom. The van der Waals surface area contributed by atoms with E-state index in [1.807, 2.05) is 18.4 Å². The van der Waals surface area contributed by atoms with E-state index in [2.05, 4.69) is 0 Å². The molecular formula is C12H17NO3S. The molecule has 0 spiro atoms. The normalized spacial score (nSPS) is 12.2. The minimum atomic E-state index is -0.883. The van der Waals surface area contributed by atoms with Gasteiger partial charge in [0.1, 0.15) is 0 Å². The maximum absolute atomic E-state index is 12.1. The van der Waals surface area contributed by atoms with Crippen LogP contribution in [-0.2, 0) is 11.2 Å². The summed E-state index contributed by atoms with van der Waals surface area (Å²) in [6.45, 7) is 3.83. The molecular weight excluding hydrogens is 238 g/mol. The molecule has 1 atom stereocenters. The van der Waals surface area contributed by atoms with Crippen LogP contribution in [0.5, 0.6) is 0 Å². The van der Waals surface area contributed by atoms with E-state index in [1.165, 1.54) is 16.2 Å². The fourth-order valence-electron chi connectivity index (χ4n) is 1.55. The summed E-state index contributed by atoms with van der Waals surface area (Å²) in [5.41, 5.74) is 1.02. The minimum absolute atomic E-state index is 0.0926. The van der Waals surface area contributed by atoms with Gasteiger partial charge in [-0.1, -0.05) is 13.8 Å². The largest absolute Gasteiger partial charge is 0.481 e. The van der Waals surface area contributed by atoms with Gasteiger partial charge in [0.15, 0.2) is 0 Å². The van der Waals surface area contributed by atoms with Gasteiger partial charge in [-0.3, -0.25) is 9.59 Å². The minimum Gasteiger partial charge on any atom is -0.481 e. The van der Waals surface area contributed by atoms with E-state index in [0.717, 1.165) is 12.0 Å². The third-order valence-electron chi connectivity index (χ3n) is 2.64. The standard InChI is InChI=1S/C12H17NO3S/c1-4-9-5-6-17-10(9)11(14)13(3)7-8(2)12(15)16/h5-6,8H,4,7H2,1-3H3,(H,15,16). The van der Waals surface area contributed by atoms with E-state index >= 15 is 0 Å². The van der Waals surface area contributed by atoms with Crippen molar-refractivity contribution < 1.29 is 14.7 Å². The van der Waals surface area contributed by atoms with Crippen LogP contribution in [0.2, 0.25) is 0 Å². The van der Waals surface area contributed by atoms with Crippen LogP contribution in [0.25, 0.3) is 0 Å². The van der Waals surface area contributed by atoms with Gasteiger partial charge in [-0.25, -0.2) is 0 Å². The molecule has 1 N–H and O–H groups in total. The summed E-state index contributed by atoms with van der Waals surface area (Å²) in [5.74, 6) is -1.52. The van der Waals surface area contributed by atoms with Gasteiger partial charge < -0.3 is 10.0 Å². The molecule has 1 heterocycles. The molecule has 17 heavy (non-hydrogen) atoms. The van der Waals surface area contributed by atoms with Crippen molar-refractivity contribution in [1.82, 2.24) is 4.90 Å². The summed E-state index contributed by atoms with van der Waals surface area (Å²) >= 11 is 1.41. The molecule has 0 saturated heterocycles. The lowest BCUT2D eigenvalue weighted by Gasteiger charge is -2.19. The molecule has 1 aromatic rings. The lowest BCUT2D eigenvalue weighted by Crippen LogP contribution is -2.33. The molecule has 5 heteroatoms. The number of carbonyl (C=O) groups is 2. The van der Waals surface area contributed by atoms with Crippen molar-refractivity contribution in [3.8, 4) is 0 Å². The lowest BCUT2D eigenvalue weighted by atomic mass is 10.1. The molecule has 0 aliphatic carbocycles. The topological polar surface area (TPSA) is 57.6 Å². The van der Waals surface area contributed by atoms with E-state index < -0.39 is 11.9 Å². The molecule has 0 aromatic carbocycles. The monoisotopic (exact) mass is 255 g/mol. The zero-order valence-electron chi connectivity index (χ0n) is 10.3. The summed E-state index contributed by atoms with van der Waals surface area (Å²) in [7, 11) is 1.64. The molecule has 1 unspecified atom stereocenters. The first-order chi connectivity index (χ1) is 7.97. The smallest absolute Gasteiger partial charge is 0.308 e. The van der Waals surface area contributed by atoms with Crippen molar-refractivity contribution in [2.75, 3.05) is 13.6 Å². The number of hydrogen-bond acceptors (Lipinski definition) is 3. The first kappa shape index (κ1) is 13.7. The van der Waals surface area contributed by atoms with E-state index in [1.54, 1.807) is 14.0 Å². The number of thiophene rings is 1. The van der Waals surface area contributed by atoms with E-state index in [0.29, 0.717) is 4.88 Å². The Morgan fingerprint density at radius 1 is 1.53 bits per heavy atom. The SMILES string of the molecule is CCc1ccsc1C(=O)N(C)CC(C)C(=O)O. The summed E-state index contributed by atoms with van der Waals surface area (Å²) in [4.78, 5) is 25.0. The molecule has 4 nitrogen and oxygen atoms in total. The molecule has 94 valence electrons. The predicted molar refractivity (Wildman–Crippen MR) is 67.5 cm³/mol. The van der Waals surface area contributed by atoms with Crippen LogP contribution in [0.3, 0.4) is 0 Å². The number of rotatable bonds is 5. The number of aryl methyl sites for hydroxylation is 1. The first-order valence-corrected chi connectivity index (χ1v) is 6.40. The third kappa shape index (κ3) is 3.30. The highest BCUT2D eigenvalue weighted by Gasteiger charge is 2.20. The van der Waals surface area contributed by atoms with E-state index in [9.17, 15) is 9.59 Å². The van der Waals surface area contributed by atoms with Crippen molar-refractivity contribution in [2.24, 2.45) is 5.92 Å². The fraction of sp³-hybridized carbons (Fsp3) is 0.500. The van der Waals surface area contributed by atoms with Gasteiger partial charge in [0.05, 0.1) is 10.8 Å². The van der Waals surface area contributed by atoms with Crippen LogP contribution < -0.4 is 0 Å². The fourth-order valence-corrected chi connectivity index (χ4v) is 2.54. The first-order valence-electron chi connectivity index (χ1n) is 5.52. The van der Waals surface area contributed by atoms with Gasteiger partial charge in [-0.2, -0.15) is 0 Å². The molecule has 0 fully saturated rings. The molecule has 0 saturated carbocycles. The Morgan fingerprint density at radius 3 is 2.71 bits per heavy atom. The second-order valence-electron chi connectivity index (χ2n) is 4.05. The van der Waals surface area contributed by atoms with Gasteiger partial charge in [0.25, 0.3) is 5.91 Å². The zero-order chi connectivity index (χ0) is 13.0. The second kappa shape index (κ2) is 5.82. The predicted octanol–water partition coefficient (Wildman–Crippen LogP) is 2.10. The van der Waals surface area contributed by atoms with Crippen molar-refractivity contribution in [3.05, 3.63) is 21.9 Å². The molecule has 0 aliphatic rings. The van der Waals surface area contributed by atoms with Crippen LogP contribution in [-0.4, -0.2) is 35.5 Å². The van der Waals surface area contributed by atoms with Crippen LogP contribution in [0, 0.1) is 5.92 Å². The highest BCUT2D eigenvalue weighted by molar-refractivity contribution is 7.12. The number of amides is 1. The van der Waals surface area contributed by atoms with Crippen molar-refractivity contribution in [2.45, 2.75) is 20.3 Å². The highest BCUT2D eigenvalue weighted by atomic mass is 32.1. The Labute approximate surface area is 105 Å². The average Bonchev–Trinajstić information content (AvgIpc) is 2.75. The zero-order valence-corrected chi connectivity index (χ0v) is 11.1. The summed E-state index contributed by atoms with van der Waals surface area (Å²) < 4.78 is 0. The maximum Gasteiger partial charge on any atom is 0.308 e. The number of carbonyl (C=O) groups excluding carboxylic acids is 1. The molecule has 1 aromatic heterocycles. The number of carboxylic acids is 1. The van der Waals surface area contributed by atoms with Crippen molar-refractivity contribution >= 4 is 23.2 Å². The van der Waals surface area contributed by atoms with Gasteiger partial charge in [-0.05, 0) is 23.4 Å². The summed E-state index contributed by atoms with van der Waals surface area (Å²) in [6.07, 6.45) is 0.812. The van der Waals surface area contributed by atoms with Crippen LogP contribution in [0.1, 0.15) is 29.1 Å². The second-order valence-corrected chi connectivity index (χ2v) is 4.97. The van der Waals surface area contributed by atoms with Gasteiger partial charge in [0, 0.05) is 13.6 Å². The number of hydrogen-bond donors (Lipinski definition) is 1. The molecule has 1 amide bonds. The highest BCUT2D eigenvalue weighted by Crippen LogP contribution is 2.19. The van der Waals surface area contributed by atoms with Gasteiger partial charge in [-0.15, -0.1) is 11.3 Å². The van der Waals surface area contributed by atoms with Gasteiger partial charge in [0.2, 0.25) is 0 Å². The third-order valence-corrected chi connectivity index (χ3v) is 3.58. The molecule has 0 radical (unpaired) electrons. The quantitative estimate of drug-likeness (QED) is 0.876. The molecule has 0 bridgehead atoms. The maximum atomic E-state index is 12.1. The van der Waals surface area contributed by atoms with Crippen LogP contribution in [0.4, 0.5) is 0 Å². The van der Waals surface area contributed by atoms with Gasteiger partial charge >= 0.3 is 5.97 Å². The number of aliphatic carboxylic acids is 1. The van der Waals surface area contributed by atoms with Crippen LogP contribution in [0.15, 0.2) is 11.4 Å². The number of nitrogens with zero attached hydrogens (tertiary/aromatic N) is 1. The Bertz CT molecular complexity index is 414. The van der Waals surface area contributed by atoms with Crippen LogP contribution >= 0.6 is 11.3 Å². The van der Waals surface area contributed by atoms with E-state index in [4.69, 9.17) is 5.11 Å². The molecule has 0 aliphatic heterocycles. The Hall–Kier alpha value is -1.36. The molecule has 1 rings (SSSR count).